The molecule has 3 N–H and O–H groups in total. The minimum Gasteiger partial charge on any atom is -0.480 e. The quantitative estimate of drug-likeness (QED) is 0.164. The smallest absolute Gasteiger partial charge is 0.407 e. The van der Waals surface area contributed by atoms with Crippen molar-refractivity contribution in [2.45, 2.75) is 90.5 Å². The zero-order valence-electron chi connectivity index (χ0n) is 25.1. The van der Waals surface area contributed by atoms with Crippen molar-refractivity contribution in [3.05, 3.63) is 0 Å². The number of carbonyl (C=O) groups is 5. The summed E-state index contributed by atoms with van der Waals surface area (Å²) in [4.78, 5) is 62.2. The Bertz CT molecular complexity index is 868. The molecular formula is C27H47N3O11. The highest BCUT2D eigenvalue weighted by molar-refractivity contribution is 5.93. The molecule has 1 aliphatic rings. The first-order valence-electron chi connectivity index (χ1n) is 13.8. The van der Waals surface area contributed by atoms with Gasteiger partial charge in [0.15, 0.2) is 0 Å². The number of amides is 3. The third-order valence-corrected chi connectivity index (χ3v) is 5.38. The molecule has 1 fully saturated rings. The van der Waals surface area contributed by atoms with Gasteiger partial charge in [0.05, 0.1) is 46.1 Å². The van der Waals surface area contributed by atoms with Crippen LogP contribution >= 0.6 is 0 Å². The van der Waals surface area contributed by atoms with Crippen LogP contribution in [0.15, 0.2) is 0 Å². The van der Waals surface area contributed by atoms with E-state index in [1.54, 1.807) is 41.5 Å². The Hall–Kier alpha value is -2.97. The number of ether oxygens (including phenoxy) is 5. The first kappa shape index (κ1) is 36.1. The SMILES string of the molecule is CC(C)(C)OC(=O)C[C@H](NC(=O)CCOCCOCCOCCNC(=O)OC(C)(C)C)C(=O)N1CCC[C@H]1C(=O)O. The third-order valence-electron chi connectivity index (χ3n) is 5.38. The summed E-state index contributed by atoms with van der Waals surface area (Å²) in [6.45, 7) is 12.4. The molecular weight excluding hydrogens is 542 g/mol. The van der Waals surface area contributed by atoms with Crippen molar-refractivity contribution in [3.63, 3.8) is 0 Å². The molecule has 3 amide bonds. The fourth-order valence-corrected chi connectivity index (χ4v) is 3.75. The van der Waals surface area contributed by atoms with E-state index in [2.05, 4.69) is 10.6 Å². The summed E-state index contributed by atoms with van der Waals surface area (Å²) < 4.78 is 26.5. The van der Waals surface area contributed by atoms with Gasteiger partial charge >= 0.3 is 18.0 Å². The number of hydrogen-bond donors (Lipinski definition) is 3. The lowest BCUT2D eigenvalue weighted by molar-refractivity contribution is -0.158. The first-order valence-corrected chi connectivity index (χ1v) is 13.8. The highest BCUT2D eigenvalue weighted by Gasteiger charge is 2.38. The lowest BCUT2D eigenvalue weighted by Crippen LogP contribution is -2.52. The van der Waals surface area contributed by atoms with Crippen LogP contribution in [-0.2, 0) is 42.9 Å². The third kappa shape index (κ3) is 16.8. The molecule has 0 aromatic carbocycles. The van der Waals surface area contributed by atoms with Crippen molar-refractivity contribution in [2.75, 3.05) is 52.7 Å². The summed E-state index contributed by atoms with van der Waals surface area (Å²) in [5, 5.41) is 14.5. The van der Waals surface area contributed by atoms with Crippen molar-refractivity contribution >= 4 is 29.8 Å². The van der Waals surface area contributed by atoms with Crippen molar-refractivity contribution in [1.29, 1.82) is 0 Å². The van der Waals surface area contributed by atoms with E-state index in [0.29, 0.717) is 39.2 Å². The zero-order chi connectivity index (χ0) is 31.1. The largest absolute Gasteiger partial charge is 0.480 e. The summed E-state index contributed by atoms with van der Waals surface area (Å²) in [5.74, 6) is -2.96. The standard InChI is InChI=1S/C27H47N3O11/c1-26(2,3)40-22(32)18-19(23(33)30-11-7-8-20(30)24(34)35)29-21(31)9-12-37-14-16-39-17-15-38-13-10-28-25(36)41-27(4,5)6/h19-20H,7-18H2,1-6H3,(H,28,36)(H,29,31)(H,34,35)/t19-,20-/m0/s1. The Morgan fingerprint density at radius 2 is 1.41 bits per heavy atom. The van der Waals surface area contributed by atoms with E-state index < -0.39 is 59.6 Å². The van der Waals surface area contributed by atoms with E-state index in [4.69, 9.17) is 23.7 Å². The maximum atomic E-state index is 13.1. The number of nitrogens with one attached hydrogen (secondary N) is 2. The van der Waals surface area contributed by atoms with E-state index >= 15 is 0 Å². The summed E-state index contributed by atoms with van der Waals surface area (Å²) in [7, 11) is 0. The number of likely N-dealkylation sites (tertiary alicyclic amines) is 1. The number of carboxylic acid groups (broad SMARTS) is 1. The van der Waals surface area contributed by atoms with Gasteiger partial charge in [0.25, 0.3) is 0 Å². The van der Waals surface area contributed by atoms with Gasteiger partial charge in [-0.05, 0) is 54.4 Å². The normalized spacial score (nSPS) is 16.1. The van der Waals surface area contributed by atoms with Gasteiger partial charge in [-0.25, -0.2) is 9.59 Å². The van der Waals surface area contributed by atoms with Crippen molar-refractivity contribution in [1.82, 2.24) is 15.5 Å². The minimum atomic E-state index is -1.25. The highest BCUT2D eigenvalue weighted by atomic mass is 16.6. The van der Waals surface area contributed by atoms with Crippen LogP contribution in [0.25, 0.3) is 0 Å². The summed E-state index contributed by atoms with van der Waals surface area (Å²) in [6.07, 6.45) is -0.177. The summed E-state index contributed by atoms with van der Waals surface area (Å²) >= 11 is 0. The fraction of sp³-hybridized carbons (Fsp3) is 0.815. The molecule has 14 nitrogen and oxygen atoms in total. The average Bonchev–Trinajstić information content (AvgIpc) is 3.32. The molecule has 2 atom stereocenters. The molecule has 14 heteroatoms. The Labute approximate surface area is 241 Å². The molecule has 41 heavy (non-hydrogen) atoms. The van der Waals surface area contributed by atoms with Crippen LogP contribution in [0.2, 0.25) is 0 Å². The zero-order valence-corrected chi connectivity index (χ0v) is 25.1. The van der Waals surface area contributed by atoms with Crippen LogP contribution in [0, 0.1) is 0 Å². The number of aliphatic carboxylic acids is 1. The van der Waals surface area contributed by atoms with Gasteiger partial charge in [-0.2, -0.15) is 0 Å². The van der Waals surface area contributed by atoms with E-state index in [-0.39, 0.29) is 32.8 Å². The fourth-order valence-electron chi connectivity index (χ4n) is 3.75. The first-order chi connectivity index (χ1) is 19.1. The van der Waals surface area contributed by atoms with Crippen LogP contribution in [-0.4, -0.2) is 116 Å². The van der Waals surface area contributed by atoms with Gasteiger partial charge in [0, 0.05) is 19.5 Å². The number of hydrogen-bond acceptors (Lipinski definition) is 10. The van der Waals surface area contributed by atoms with Crippen molar-refractivity contribution < 1.29 is 52.8 Å². The molecule has 0 saturated carbocycles. The van der Waals surface area contributed by atoms with E-state index in [0.717, 1.165) is 0 Å². The summed E-state index contributed by atoms with van der Waals surface area (Å²) in [5.41, 5.74) is -1.35. The monoisotopic (exact) mass is 589 g/mol. The molecule has 0 radical (unpaired) electrons. The van der Waals surface area contributed by atoms with E-state index in [1.165, 1.54) is 4.90 Å². The Morgan fingerprint density at radius 1 is 0.854 bits per heavy atom. The molecule has 0 aliphatic carbocycles. The molecule has 0 unspecified atom stereocenters. The molecule has 1 rings (SSSR count). The van der Waals surface area contributed by atoms with Gasteiger partial charge in [0.1, 0.15) is 23.3 Å². The second-order valence-electron chi connectivity index (χ2n) is 11.5. The van der Waals surface area contributed by atoms with Crippen LogP contribution in [0.3, 0.4) is 0 Å². The minimum absolute atomic E-state index is 0.0524. The van der Waals surface area contributed by atoms with Crippen LogP contribution in [0.1, 0.15) is 67.2 Å². The van der Waals surface area contributed by atoms with Crippen LogP contribution < -0.4 is 10.6 Å². The van der Waals surface area contributed by atoms with Gasteiger partial charge in [-0.15, -0.1) is 0 Å². The van der Waals surface area contributed by atoms with Crippen molar-refractivity contribution in [3.8, 4) is 0 Å². The molecule has 0 aromatic rings. The molecule has 1 saturated heterocycles. The highest BCUT2D eigenvalue weighted by Crippen LogP contribution is 2.20. The van der Waals surface area contributed by atoms with Crippen LogP contribution in [0.4, 0.5) is 4.79 Å². The molecule has 1 heterocycles. The van der Waals surface area contributed by atoms with Gasteiger partial charge in [0.2, 0.25) is 11.8 Å². The lowest BCUT2D eigenvalue weighted by atomic mass is 10.1. The second-order valence-corrected chi connectivity index (χ2v) is 11.5. The number of nitrogens with zero attached hydrogens (tertiary/aromatic N) is 1. The molecule has 0 aromatic heterocycles. The second kappa shape index (κ2) is 17.8. The summed E-state index contributed by atoms with van der Waals surface area (Å²) in [6, 6.07) is -2.25. The van der Waals surface area contributed by atoms with Crippen molar-refractivity contribution in [2.24, 2.45) is 0 Å². The number of esters is 1. The lowest BCUT2D eigenvalue weighted by Gasteiger charge is -2.28. The van der Waals surface area contributed by atoms with Gasteiger partial charge < -0.3 is 44.3 Å². The maximum Gasteiger partial charge on any atom is 0.407 e. The number of alkyl carbamates (subject to hydrolysis) is 1. The number of rotatable bonds is 17. The predicted molar refractivity (Wildman–Crippen MR) is 146 cm³/mol. The Balaban J connectivity index is 2.31. The Morgan fingerprint density at radius 3 is 1.98 bits per heavy atom. The van der Waals surface area contributed by atoms with Crippen LogP contribution in [0.5, 0.6) is 0 Å². The number of carboxylic acids is 1. The molecule has 1 aliphatic heterocycles. The van der Waals surface area contributed by atoms with Gasteiger partial charge in [-0.1, -0.05) is 0 Å². The van der Waals surface area contributed by atoms with Gasteiger partial charge in [-0.3, -0.25) is 14.4 Å². The predicted octanol–water partition coefficient (Wildman–Crippen LogP) is 1.24. The Kier molecular flexibility index (Phi) is 15.6. The van der Waals surface area contributed by atoms with E-state index in [1.807, 2.05) is 0 Å². The molecule has 236 valence electrons. The molecule has 0 bridgehead atoms. The molecule has 0 spiro atoms. The topological polar surface area (TPSA) is 179 Å². The average molecular weight is 590 g/mol. The van der Waals surface area contributed by atoms with E-state index in [9.17, 15) is 29.1 Å². The number of carbonyl (C=O) groups excluding carboxylic acids is 4. The maximum absolute atomic E-state index is 13.1.